The lowest BCUT2D eigenvalue weighted by Crippen LogP contribution is -2.52. The molecule has 3 aliphatic heterocycles. The third-order valence-corrected chi connectivity index (χ3v) is 8.33. The maximum atomic E-state index is 15.0. The van der Waals surface area contributed by atoms with E-state index in [-0.39, 0.29) is 24.8 Å². The van der Waals surface area contributed by atoms with Crippen LogP contribution in [0.4, 0.5) is 10.1 Å². The highest BCUT2D eigenvalue weighted by molar-refractivity contribution is 7.89. The summed E-state index contributed by atoms with van der Waals surface area (Å²) >= 11 is 0. The molecular weight excluding hydrogens is 419 g/mol. The summed E-state index contributed by atoms with van der Waals surface area (Å²) in [5.41, 5.74) is 0.758. The maximum absolute atomic E-state index is 15.0. The molecule has 31 heavy (non-hydrogen) atoms. The van der Waals surface area contributed by atoms with Crippen molar-refractivity contribution in [3.8, 4) is 0 Å². The van der Waals surface area contributed by atoms with Gasteiger partial charge in [0.1, 0.15) is 10.7 Å². The van der Waals surface area contributed by atoms with Gasteiger partial charge in [-0.25, -0.2) is 12.8 Å². The van der Waals surface area contributed by atoms with Gasteiger partial charge in [-0.2, -0.15) is 4.31 Å². The maximum Gasteiger partial charge on any atom is 0.246 e. The summed E-state index contributed by atoms with van der Waals surface area (Å²) in [6.45, 7) is 9.92. The summed E-state index contributed by atoms with van der Waals surface area (Å²) in [6.07, 6.45) is 1.57. The highest BCUT2D eigenvalue weighted by Crippen LogP contribution is 2.43. The number of hydrogen-bond acceptors (Lipinski definition) is 5. The van der Waals surface area contributed by atoms with E-state index in [4.69, 9.17) is 0 Å². The van der Waals surface area contributed by atoms with Crippen LogP contribution in [0.5, 0.6) is 0 Å². The number of piperazine rings is 1. The Bertz CT molecular complexity index is 944. The number of carbonyl (C=O) groups is 1. The molecule has 0 saturated carbocycles. The molecule has 0 aromatic heterocycles. The number of hydrogen-bond donors (Lipinski definition) is 1. The van der Waals surface area contributed by atoms with Crippen molar-refractivity contribution in [3.63, 3.8) is 0 Å². The van der Waals surface area contributed by atoms with E-state index in [2.05, 4.69) is 17.1 Å². The number of sulfonamides is 1. The van der Waals surface area contributed by atoms with Gasteiger partial charge >= 0.3 is 0 Å². The van der Waals surface area contributed by atoms with Gasteiger partial charge < -0.3 is 10.2 Å². The average molecular weight is 455 g/mol. The second kappa shape index (κ2) is 8.77. The topological polar surface area (TPSA) is 73.0 Å². The quantitative estimate of drug-likeness (QED) is 0.755. The summed E-state index contributed by atoms with van der Waals surface area (Å²) in [7, 11) is -3.91. The molecule has 1 N–H and O–H groups in total. The first-order valence-electron chi connectivity index (χ1n) is 10.7. The predicted molar refractivity (Wildman–Crippen MR) is 120 cm³/mol. The highest BCUT2D eigenvalue weighted by Gasteiger charge is 2.41. The number of anilines is 1. The zero-order valence-electron chi connectivity index (χ0n) is 17.9. The third kappa shape index (κ3) is 4.51. The lowest BCUT2D eigenvalue weighted by Gasteiger charge is -2.32. The van der Waals surface area contributed by atoms with Crippen LogP contribution >= 0.6 is 0 Å². The standard InChI is InChI=1S/C21H31FN4O3S.CH4/c1-15-12-24(9-6-23-15)13-20(27)26-14-21(2,3)16-10-17(22)19(11-18(16)26)30(28,29)25-7-4-5-8-25;/h10-11,15,23H,4-9,12-14H2,1-3H3;1H4/t15-;/m1./s1. The van der Waals surface area contributed by atoms with Crippen LogP contribution in [0.1, 0.15) is 46.6 Å². The zero-order valence-corrected chi connectivity index (χ0v) is 18.8. The first kappa shape index (κ1) is 24.1. The van der Waals surface area contributed by atoms with E-state index < -0.39 is 21.3 Å². The largest absolute Gasteiger partial charge is 0.312 e. The molecule has 1 aromatic carbocycles. The molecule has 0 aliphatic carbocycles. The van der Waals surface area contributed by atoms with E-state index in [0.717, 1.165) is 32.5 Å². The third-order valence-electron chi connectivity index (χ3n) is 6.42. The van der Waals surface area contributed by atoms with Crippen molar-refractivity contribution in [2.75, 3.05) is 50.7 Å². The predicted octanol–water partition coefficient (Wildman–Crippen LogP) is 2.16. The summed E-state index contributed by atoms with van der Waals surface area (Å²) in [5, 5.41) is 3.36. The molecule has 2 fully saturated rings. The molecule has 174 valence electrons. The number of amides is 1. The number of rotatable bonds is 4. The number of nitrogens with one attached hydrogen (secondary N) is 1. The van der Waals surface area contributed by atoms with E-state index in [1.807, 2.05) is 13.8 Å². The van der Waals surface area contributed by atoms with Gasteiger partial charge in [-0.05, 0) is 37.5 Å². The Hall–Kier alpha value is -1.55. The van der Waals surface area contributed by atoms with E-state index in [1.54, 1.807) is 4.90 Å². The number of halogens is 1. The van der Waals surface area contributed by atoms with Crippen LogP contribution in [0, 0.1) is 5.82 Å². The fraction of sp³-hybridized carbons (Fsp3) is 0.682. The Morgan fingerprint density at radius 2 is 1.90 bits per heavy atom. The Balaban J connectivity index is 0.00000272. The van der Waals surface area contributed by atoms with Gasteiger partial charge in [0.05, 0.1) is 6.54 Å². The highest BCUT2D eigenvalue weighted by atomic mass is 32.2. The first-order valence-corrected chi connectivity index (χ1v) is 12.1. The van der Waals surface area contributed by atoms with Crippen LogP contribution in [-0.2, 0) is 20.2 Å². The Morgan fingerprint density at radius 3 is 2.55 bits per heavy atom. The van der Waals surface area contributed by atoms with E-state index in [0.29, 0.717) is 36.9 Å². The molecular formula is C22H35FN4O3S. The molecule has 4 rings (SSSR count). The van der Waals surface area contributed by atoms with Crippen LogP contribution < -0.4 is 10.2 Å². The summed E-state index contributed by atoms with van der Waals surface area (Å²) in [6, 6.07) is 3.02. The second-order valence-electron chi connectivity index (χ2n) is 9.37. The lowest BCUT2D eigenvalue weighted by molar-refractivity contribution is -0.120. The van der Waals surface area contributed by atoms with Crippen molar-refractivity contribution in [2.45, 2.75) is 57.4 Å². The van der Waals surface area contributed by atoms with Gasteiger partial charge in [0.15, 0.2) is 0 Å². The summed E-state index contributed by atoms with van der Waals surface area (Å²) < 4.78 is 42.3. The number of nitrogens with zero attached hydrogens (tertiary/aromatic N) is 3. The lowest BCUT2D eigenvalue weighted by atomic mass is 9.87. The molecule has 1 atom stereocenters. The van der Waals surface area contributed by atoms with Gasteiger partial charge in [-0.3, -0.25) is 9.69 Å². The van der Waals surface area contributed by atoms with Crippen molar-refractivity contribution in [2.24, 2.45) is 0 Å². The molecule has 2 saturated heterocycles. The molecule has 3 heterocycles. The van der Waals surface area contributed by atoms with Crippen LogP contribution in [0.25, 0.3) is 0 Å². The molecule has 1 aromatic rings. The number of fused-ring (bicyclic) bond motifs is 1. The van der Waals surface area contributed by atoms with Crippen molar-refractivity contribution < 1.29 is 17.6 Å². The minimum atomic E-state index is -3.91. The molecule has 3 aliphatic rings. The van der Waals surface area contributed by atoms with Crippen molar-refractivity contribution in [1.82, 2.24) is 14.5 Å². The first-order chi connectivity index (χ1) is 14.1. The van der Waals surface area contributed by atoms with E-state index >= 15 is 0 Å². The normalized spacial score (nSPS) is 24.1. The molecule has 0 unspecified atom stereocenters. The monoisotopic (exact) mass is 454 g/mol. The van der Waals surface area contributed by atoms with Crippen LogP contribution in [0.3, 0.4) is 0 Å². The Kier molecular flexibility index (Phi) is 6.82. The average Bonchev–Trinajstić information content (AvgIpc) is 3.29. The van der Waals surface area contributed by atoms with Gasteiger partial charge in [-0.15, -0.1) is 0 Å². The van der Waals surface area contributed by atoms with Crippen molar-refractivity contribution in [3.05, 3.63) is 23.5 Å². The van der Waals surface area contributed by atoms with Crippen LogP contribution in [-0.4, -0.2) is 75.4 Å². The fourth-order valence-corrected chi connectivity index (χ4v) is 6.38. The molecule has 1 amide bonds. The minimum Gasteiger partial charge on any atom is -0.312 e. The molecule has 9 heteroatoms. The SMILES string of the molecule is C.C[C@@H]1CN(CC(=O)N2CC(C)(C)c3cc(F)c(S(=O)(=O)N4CCCC4)cc32)CCN1. The van der Waals surface area contributed by atoms with E-state index in [1.165, 1.54) is 16.4 Å². The molecule has 7 nitrogen and oxygen atoms in total. The zero-order chi connectivity index (χ0) is 21.7. The van der Waals surface area contributed by atoms with Gasteiger partial charge in [0, 0.05) is 56.4 Å². The Labute approximate surface area is 185 Å². The molecule has 0 spiro atoms. The summed E-state index contributed by atoms with van der Waals surface area (Å²) in [4.78, 5) is 16.6. The van der Waals surface area contributed by atoms with Crippen LogP contribution in [0.15, 0.2) is 17.0 Å². The fourth-order valence-electron chi connectivity index (χ4n) is 4.79. The second-order valence-corrected chi connectivity index (χ2v) is 11.3. The number of benzene rings is 1. The van der Waals surface area contributed by atoms with Gasteiger partial charge in [0.2, 0.25) is 15.9 Å². The van der Waals surface area contributed by atoms with Crippen molar-refractivity contribution >= 4 is 21.6 Å². The van der Waals surface area contributed by atoms with Crippen molar-refractivity contribution in [1.29, 1.82) is 0 Å². The smallest absolute Gasteiger partial charge is 0.246 e. The molecule has 0 radical (unpaired) electrons. The van der Waals surface area contributed by atoms with Gasteiger partial charge in [-0.1, -0.05) is 21.3 Å². The van der Waals surface area contributed by atoms with Crippen LogP contribution in [0.2, 0.25) is 0 Å². The number of carbonyl (C=O) groups excluding carboxylic acids is 1. The summed E-state index contributed by atoms with van der Waals surface area (Å²) in [5.74, 6) is -0.814. The molecule has 0 bridgehead atoms. The minimum absolute atomic E-state index is 0. The van der Waals surface area contributed by atoms with Gasteiger partial charge in [0.25, 0.3) is 0 Å². The Morgan fingerprint density at radius 1 is 1.23 bits per heavy atom. The van der Waals surface area contributed by atoms with E-state index in [9.17, 15) is 17.6 Å².